The van der Waals surface area contributed by atoms with Gasteiger partial charge in [0.15, 0.2) is 0 Å². The number of carbonyl (C=O) groups is 1. The van der Waals surface area contributed by atoms with Gasteiger partial charge in [0.2, 0.25) is 9.84 Å². The van der Waals surface area contributed by atoms with Crippen molar-refractivity contribution < 1.29 is 23.1 Å². The number of fused-ring (bicyclic) bond motifs is 1. The molecular formula is C13H14O5S. The first kappa shape index (κ1) is 13.8. The number of hydrogen-bond donors (Lipinski definition) is 1. The van der Waals surface area contributed by atoms with Crippen molar-refractivity contribution in [2.45, 2.75) is 24.8 Å². The monoisotopic (exact) mass is 282 g/mol. The number of ether oxygens (including phenoxy) is 1. The molecule has 0 saturated carbocycles. The van der Waals surface area contributed by atoms with E-state index in [0.717, 1.165) is 5.41 Å². The minimum Gasteiger partial charge on any atom is -0.478 e. The lowest BCUT2D eigenvalue weighted by Crippen LogP contribution is -2.08. The summed E-state index contributed by atoms with van der Waals surface area (Å²) in [5.41, 5.74) is 0.620. The Morgan fingerprint density at radius 3 is 2.63 bits per heavy atom. The molecule has 0 aliphatic carbocycles. The van der Waals surface area contributed by atoms with Gasteiger partial charge in [0.05, 0.1) is 23.2 Å². The summed E-state index contributed by atoms with van der Waals surface area (Å²) in [7, 11) is -3.56. The van der Waals surface area contributed by atoms with Gasteiger partial charge in [-0.15, -0.1) is 0 Å². The van der Waals surface area contributed by atoms with Crippen molar-refractivity contribution in [3.63, 3.8) is 0 Å². The van der Waals surface area contributed by atoms with Crippen LogP contribution in [0.5, 0.6) is 0 Å². The third kappa shape index (κ3) is 2.54. The Balaban J connectivity index is 2.55. The zero-order valence-corrected chi connectivity index (χ0v) is 11.4. The fourth-order valence-corrected chi connectivity index (χ4v) is 3.43. The summed E-state index contributed by atoms with van der Waals surface area (Å²) in [5, 5.41) is 10.2. The van der Waals surface area contributed by atoms with Crippen molar-refractivity contribution in [1.29, 1.82) is 0 Å². The van der Waals surface area contributed by atoms with E-state index in [2.05, 4.69) is 0 Å². The van der Waals surface area contributed by atoms with E-state index < -0.39 is 15.8 Å². The molecule has 0 fully saturated rings. The summed E-state index contributed by atoms with van der Waals surface area (Å²) in [6.45, 7) is 3.73. The fraction of sp³-hybridized carbons (Fsp3) is 0.308. The zero-order chi connectivity index (χ0) is 14.2. The third-order valence-corrected chi connectivity index (χ3v) is 4.30. The van der Waals surface area contributed by atoms with E-state index in [-0.39, 0.29) is 28.7 Å². The van der Waals surface area contributed by atoms with Crippen LogP contribution in [0, 0.1) is 0 Å². The van der Waals surface area contributed by atoms with E-state index >= 15 is 0 Å². The molecule has 5 nitrogen and oxygen atoms in total. The predicted octanol–water partition coefficient (Wildman–Crippen LogP) is 1.94. The molecule has 1 aromatic rings. The number of aromatic carboxylic acids is 1. The number of hydrogen-bond acceptors (Lipinski definition) is 4. The average molecular weight is 282 g/mol. The van der Waals surface area contributed by atoms with Gasteiger partial charge in [-0.05, 0) is 31.6 Å². The van der Waals surface area contributed by atoms with Crippen molar-refractivity contribution >= 4 is 21.4 Å². The van der Waals surface area contributed by atoms with Gasteiger partial charge < -0.3 is 9.84 Å². The Hall–Kier alpha value is -1.66. The van der Waals surface area contributed by atoms with Crippen LogP contribution in [0.1, 0.15) is 29.8 Å². The molecule has 1 aliphatic heterocycles. The van der Waals surface area contributed by atoms with Crippen LogP contribution in [0.15, 0.2) is 28.5 Å². The number of carboxylic acid groups (broad SMARTS) is 1. The summed E-state index contributed by atoms with van der Waals surface area (Å²) in [4.78, 5) is 11.2. The minimum absolute atomic E-state index is 0.0165. The number of carboxylic acids is 1. The molecule has 0 unspecified atom stereocenters. The van der Waals surface area contributed by atoms with Crippen LogP contribution < -0.4 is 0 Å². The lowest BCUT2D eigenvalue weighted by molar-refractivity contribution is 0.0696. The van der Waals surface area contributed by atoms with Gasteiger partial charge >= 0.3 is 5.97 Å². The van der Waals surface area contributed by atoms with Crippen molar-refractivity contribution in [2.24, 2.45) is 0 Å². The normalized spacial score (nSPS) is 16.3. The van der Waals surface area contributed by atoms with Crippen LogP contribution in [0.2, 0.25) is 0 Å². The van der Waals surface area contributed by atoms with Crippen LogP contribution in [-0.2, 0) is 14.6 Å². The summed E-state index contributed by atoms with van der Waals surface area (Å²) >= 11 is 0. The van der Waals surface area contributed by atoms with Gasteiger partial charge in [-0.2, -0.15) is 0 Å². The van der Waals surface area contributed by atoms with Gasteiger partial charge in [0, 0.05) is 11.0 Å². The number of sulfone groups is 1. The molecule has 0 radical (unpaired) electrons. The van der Waals surface area contributed by atoms with Crippen LogP contribution >= 0.6 is 0 Å². The lowest BCUT2D eigenvalue weighted by atomic mass is 10.0. The Labute approximate surface area is 111 Å². The highest BCUT2D eigenvalue weighted by Gasteiger charge is 2.31. The molecule has 1 heterocycles. The van der Waals surface area contributed by atoms with Gasteiger partial charge in [-0.25, -0.2) is 13.2 Å². The third-order valence-electron chi connectivity index (χ3n) is 2.75. The molecule has 1 aromatic carbocycles. The Morgan fingerprint density at radius 2 is 2.05 bits per heavy atom. The van der Waals surface area contributed by atoms with Crippen LogP contribution in [0.3, 0.4) is 0 Å². The highest BCUT2D eigenvalue weighted by molar-refractivity contribution is 7.95. The average Bonchev–Trinajstić information content (AvgIpc) is 2.58. The number of benzene rings is 1. The maximum absolute atomic E-state index is 12.0. The maximum atomic E-state index is 12.0. The Bertz CT molecular complexity index is 656. The van der Waals surface area contributed by atoms with Crippen LogP contribution in [0.25, 0.3) is 5.57 Å². The summed E-state index contributed by atoms with van der Waals surface area (Å²) in [5.74, 6) is -1.15. The standard InChI is InChI=1S/C13H14O5S/c1-8(2)18-6-9-7-19(16,17)11-5-3-4-10(12(9)11)13(14)15/h3-5,7-8H,6H2,1-2H3,(H,14,15). The molecule has 0 saturated heterocycles. The number of rotatable bonds is 4. The van der Waals surface area contributed by atoms with E-state index in [1.807, 2.05) is 13.8 Å². The molecule has 0 aromatic heterocycles. The molecule has 0 bridgehead atoms. The zero-order valence-electron chi connectivity index (χ0n) is 10.6. The SMILES string of the molecule is CC(C)OCC1=CS(=O)(=O)c2cccc(C(=O)O)c21. The van der Waals surface area contributed by atoms with Gasteiger partial charge in [-0.3, -0.25) is 0 Å². The summed E-state index contributed by atoms with van der Waals surface area (Å²) in [6, 6.07) is 4.24. The second kappa shape index (κ2) is 4.79. The van der Waals surface area contributed by atoms with E-state index in [0.29, 0.717) is 5.57 Å². The topological polar surface area (TPSA) is 80.7 Å². The molecule has 1 aliphatic rings. The minimum atomic E-state index is -3.56. The lowest BCUT2D eigenvalue weighted by Gasteiger charge is -2.10. The first-order valence-electron chi connectivity index (χ1n) is 5.77. The first-order valence-corrected chi connectivity index (χ1v) is 7.31. The smallest absolute Gasteiger partial charge is 0.336 e. The first-order chi connectivity index (χ1) is 8.83. The highest BCUT2D eigenvalue weighted by Crippen LogP contribution is 2.36. The maximum Gasteiger partial charge on any atom is 0.336 e. The van der Waals surface area contributed by atoms with Crippen molar-refractivity contribution in [3.05, 3.63) is 34.7 Å². The van der Waals surface area contributed by atoms with Gasteiger partial charge in [0.1, 0.15) is 0 Å². The summed E-state index contributed by atoms with van der Waals surface area (Å²) < 4.78 is 29.3. The van der Waals surface area contributed by atoms with Crippen molar-refractivity contribution in [1.82, 2.24) is 0 Å². The molecule has 0 atom stereocenters. The second-order valence-corrected chi connectivity index (χ2v) is 6.30. The Kier molecular flexibility index (Phi) is 3.47. The predicted molar refractivity (Wildman–Crippen MR) is 69.7 cm³/mol. The molecular weight excluding hydrogens is 268 g/mol. The molecule has 1 N–H and O–H groups in total. The van der Waals surface area contributed by atoms with Gasteiger partial charge in [0.25, 0.3) is 0 Å². The molecule has 19 heavy (non-hydrogen) atoms. The van der Waals surface area contributed by atoms with Crippen LogP contribution in [0.4, 0.5) is 0 Å². The second-order valence-electron chi connectivity index (χ2n) is 4.53. The highest BCUT2D eigenvalue weighted by atomic mass is 32.2. The largest absolute Gasteiger partial charge is 0.478 e. The van der Waals surface area contributed by atoms with Crippen molar-refractivity contribution in [3.8, 4) is 0 Å². The molecule has 6 heteroatoms. The molecule has 2 rings (SSSR count). The molecule has 0 amide bonds. The van der Waals surface area contributed by atoms with Gasteiger partial charge in [-0.1, -0.05) is 6.07 Å². The fourth-order valence-electron chi connectivity index (χ4n) is 1.95. The quantitative estimate of drug-likeness (QED) is 0.912. The van der Waals surface area contributed by atoms with Crippen molar-refractivity contribution in [2.75, 3.05) is 6.61 Å². The van der Waals surface area contributed by atoms with E-state index in [4.69, 9.17) is 9.84 Å². The molecule has 102 valence electrons. The van der Waals surface area contributed by atoms with E-state index in [1.54, 1.807) is 0 Å². The van der Waals surface area contributed by atoms with E-state index in [1.165, 1.54) is 18.2 Å². The van der Waals surface area contributed by atoms with Crippen LogP contribution in [-0.4, -0.2) is 32.2 Å². The summed E-state index contributed by atoms with van der Waals surface area (Å²) in [6.07, 6.45) is -0.0651. The Morgan fingerprint density at radius 1 is 1.37 bits per heavy atom. The molecule has 0 spiro atoms. The van der Waals surface area contributed by atoms with E-state index in [9.17, 15) is 13.2 Å².